The van der Waals surface area contributed by atoms with Gasteiger partial charge in [-0.3, -0.25) is 38.9 Å². The number of hydrogen-bond donors (Lipinski definition) is 6. The van der Waals surface area contributed by atoms with Gasteiger partial charge in [0.2, 0.25) is 11.6 Å². The van der Waals surface area contributed by atoms with Crippen LogP contribution in [0.1, 0.15) is 37.4 Å². The van der Waals surface area contributed by atoms with E-state index in [1.807, 2.05) is 0 Å². The Bertz CT molecular complexity index is 2930. The summed E-state index contributed by atoms with van der Waals surface area (Å²) < 4.78 is 113. The third kappa shape index (κ3) is 8.52. The third-order valence-corrected chi connectivity index (χ3v) is 11.2. The maximum Gasteiger partial charge on any atom is 0.296 e. The lowest BCUT2D eigenvalue weighted by atomic mass is 9.92. The maximum absolute atomic E-state index is 14.1. The Morgan fingerprint density at radius 1 is 0.672 bits per heavy atom. The molecule has 0 radical (unpaired) electrons. The molecule has 6 rings (SSSR count). The molecule has 19 nitrogen and oxygen atoms in total. The number of ketones is 2. The molecule has 4 aromatic carbocycles. The highest BCUT2D eigenvalue weighted by Crippen LogP contribution is 2.38. The van der Waals surface area contributed by atoms with Crippen molar-refractivity contribution in [3.63, 3.8) is 0 Å². The summed E-state index contributed by atoms with van der Waals surface area (Å²) in [6.07, 6.45) is 3.34. The number of anilines is 3. The van der Waals surface area contributed by atoms with Crippen LogP contribution in [0.5, 0.6) is 11.5 Å². The topological polar surface area (TPSA) is 294 Å². The van der Waals surface area contributed by atoms with Crippen molar-refractivity contribution in [2.24, 2.45) is 10.2 Å². The van der Waals surface area contributed by atoms with E-state index in [0.29, 0.717) is 16.7 Å². The molecule has 0 heterocycles. The Morgan fingerprint density at radius 3 is 1.81 bits per heavy atom. The van der Waals surface area contributed by atoms with Crippen LogP contribution in [0.25, 0.3) is 12.2 Å². The highest BCUT2D eigenvalue weighted by atomic mass is 35.5. The second-order valence-corrected chi connectivity index (χ2v) is 16.7. The first-order chi connectivity index (χ1) is 27.2. The van der Waals surface area contributed by atoms with E-state index >= 15 is 0 Å². The summed E-state index contributed by atoms with van der Waals surface area (Å²) >= 11 is 5.90. The Morgan fingerprint density at radius 2 is 1.26 bits per heavy atom. The SMILES string of the molecule is COc1cc(NN=C2C(=O)C=Cc3ccc(S(=O)(=O)O)cc32)c(OC)cc1NN=C1C(=O)c2c(cc(S(=O)(=O)O)cc2NC(=O)c2ccc(Cl)cc2)C=C1S(=O)(=O)O. The molecule has 0 saturated carbocycles. The van der Waals surface area contributed by atoms with E-state index in [9.17, 15) is 53.3 Å². The fourth-order valence-corrected chi connectivity index (χ4v) is 7.47. The van der Waals surface area contributed by atoms with Gasteiger partial charge in [0.25, 0.3) is 36.3 Å². The minimum absolute atomic E-state index is 0.00522. The minimum atomic E-state index is -5.28. The summed E-state index contributed by atoms with van der Waals surface area (Å²) in [6.45, 7) is 0. The number of Topliss-reactive ketones (excluding diaryl/α,β-unsaturated/α-hetero) is 1. The molecular weight excluding hydrogens is 846 g/mol. The molecule has 4 aromatic rings. The first kappa shape index (κ1) is 41.4. The van der Waals surface area contributed by atoms with Crippen molar-refractivity contribution in [3.8, 4) is 11.5 Å². The predicted molar refractivity (Wildman–Crippen MR) is 211 cm³/mol. The number of hydrazone groups is 2. The Hall–Kier alpha value is -6.27. The Labute approximate surface area is 334 Å². The molecule has 23 heteroatoms. The van der Waals surface area contributed by atoms with Gasteiger partial charge in [0, 0.05) is 28.3 Å². The van der Waals surface area contributed by atoms with Crippen LogP contribution in [-0.2, 0) is 35.1 Å². The molecule has 2 aliphatic carbocycles. The first-order valence-electron chi connectivity index (χ1n) is 15.9. The van der Waals surface area contributed by atoms with Crippen molar-refractivity contribution in [1.82, 2.24) is 0 Å². The summed E-state index contributed by atoms with van der Waals surface area (Å²) in [4.78, 5) is 37.6. The molecule has 2 aliphatic rings. The van der Waals surface area contributed by atoms with Crippen LogP contribution in [-0.4, -0.2) is 82.0 Å². The first-order valence-corrected chi connectivity index (χ1v) is 20.6. The number of halogens is 1. The maximum atomic E-state index is 14.1. The number of allylic oxidation sites excluding steroid dienone is 2. The fourth-order valence-electron chi connectivity index (χ4n) is 5.63. The zero-order valence-electron chi connectivity index (χ0n) is 29.4. The number of nitrogens with zero attached hydrogens (tertiary/aromatic N) is 2. The number of methoxy groups -OCH3 is 2. The standard InChI is InChI=1S/C35H26ClN5O14S3/c1-54-28-16-25(29(55-2)15-24(28)38-40-32-23-13-21(56(45,46)47)9-5-17(23)6-10-27(32)42)39-41-33-30(58(51,52)53)12-19-11-22(57(48,49)50)14-26(31(19)34(33)43)37-35(44)18-3-7-20(36)8-4-18/h3-16,38-39H,1-2H3,(H,37,44)(H,45,46,47)(H,48,49,50)(H,51,52,53). The summed E-state index contributed by atoms with van der Waals surface area (Å²) in [5, 5.41) is 10.8. The van der Waals surface area contributed by atoms with E-state index in [2.05, 4.69) is 26.4 Å². The number of ether oxygens (including phenoxy) is 2. The number of fused-ring (bicyclic) bond motifs is 2. The van der Waals surface area contributed by atoms with Gasteiger partial charge in [-0.1, -0.05) is 23.7 Å². The van der Waals surface area contributed by atoms with Gasteiger partial charge in [-0.25, -0.2) is 0 Å². The van der Waals surface area contributed by atoms with Crippen molar-refractivity contribution in [3.05, 3.63) is 111 Å². The molecule has 0 aliphatic heterocycles. The molecule has 0 fully saturated rings. The van der Waals surface area contributed by atoms with Crippen LogP contribution in [0.4, 0.5) is 17.1 Å². The summed E-state index contributed by atoms with van der Waals surface area (Å²) in [5.41, 5.74) is 3.09. The number of amides is 1. The molecule has 0 saturated heterocycles. The average molecular weight is 872 g/mol. The fraction of sp³-hybridized carbons (Fsp3) is 0.0571. The van der Waals surface area contributed by atoms with Crippen molar-refractivity contribution in [2.75, 3.05) is 30.4 Å². The second-order valence-electron chi connectivity index (χ2n) is 12.0. The van der Waals surface area contributed by atoms with Crippen LogP contribution in [0.15, 0.2) is 97.7 Å². The van der Waals surface area contributed by atoms with Crippen LogP contribution in [0, 0.1) is 0 Å². The van der Waals surface area contributed by atoms with E-state index < -0.39 is 85.1 Å². The summed E-state index contributed by atoms with van der Waals surface area (Å²) in [5.74, 6) is -2.75. The molecule has 6 N–H and O–H groups in total. The van der Waals surface area contributed by atoms with E-state index in [1.54, 1.807) is 0 Å². The number of nitrogens with one attached hydrogen (secondary N) is 3. The lowest BCUT2D eigenvalue weighted by molar-refractivity contribution is -0.108. The molecule has 1 amide bonds. The molecule has 300 valence electrons. The average Bonchev–Trinajstić information content (AvgIpc) is 3.15. The van der Waals surface area contributed by atoms with Crippen molar-refractivity contribution in [1.29, 1.82) is 0 Å². The van der Waals surface area contributed by atoms with Gasteiger partial charge in [-0.15, -0.1) is 0 Å². The van der Waals surface area contributed by atoms with Gasteiger partial charge >= 0.3 is 0 Å². The van der Waals surface area contributed by atoms with Crippen molar-refractivity contribution in [2.45, 2.75) is 9.79 Å². The lowest BCUT2D eigenvalue weighted by Gasteiger charge is -2.21. The molecule has 0 bridgehead atoms. The van der Waals surface area contributed by atoms with Crippen LogP contribution in [0.2, 0.25) is 5.02 Å². The Balaban J connectivity index is 1.39. The largest absolute Gasteiger partial charge is 0.494 e. The van der Waals surface area contributed by atoms with E-state index in [0.717, 1.165) is 24.3 Å². The number of rotatable bonds is 11. The van der Waals surface area contributed by atoms with E-state index in [4.69, 9.17) is 21.1 Å². The smallest absolute Gasteiger partial charge is 0.296 e. The second kappa shape index (κ2) is 15.6. The number of hydrogen-bond acceptors (Lipinski definition) is 15. The minimum Gasteiger partial charge on any atom is -0.494 e. The third-order valence-electron chi connectivity index (χ3n) is 8.36. The monoisotopic (exact) mass is 871 g/mol. The van der Waals surface area contributed by atoms with Gasteiger partial charge < -0.3 is 14.8 Å². The molecule has 58 heavy (non-hydrogen) atoms. The van der Waals surface area contributed by atoms with Crippen molar-refractivity contribution < 1.29 is 62.8 Å². The number of carbonyl (C=O) groups excluding carboxylic acids is 3. The Kier molecular flexibility index (Phi) is 11.1. The number of benzene rings is 4. The van der Waals surface area contributed by atoms with Gasteiger partial charge in [0.05, 0.1) is 35.3 Å². The zero-order chi connectivity index (χ0) is 42.3. The lowest BCUT2D eigenvalue weighted by Crippen LogP contribution is -2.29. The van der Waals surface area contributed by atoms with Crippen molar-refractivity contribution >= 4 is 100 Å². The van der Waals surface area contributed by atoms with Gasteiger partial charge in [0.1, 0.15) is 33.5 Å². The van der Waals surface area contributed by atoms with Crippen LogP contribution >= 0.6 is 11.6 Å². The van der Waals surface area contributed by atoms with Gasteiger partial charge in [-0.2, -0.15) is 35.5 Å². The summed E-state index contributed by atoms with van der Waals surface area (Å²) in [6, 6.07) is 13.1. The normalized spacial score (nSPS) is 15.4. The molecule has 0 unspecified atom stereocenters. The summed E-state index contributed by atoms with van der Waals surface area (Å²) in [7, 11) is -12.4. The molecular formula is C35H26ClN5O14S3. The van der Waals surface area contributed by atoms with E-state index in [1.165, 1.54) is 68.8 Å². The predicted octanol–water partition coefficient (Wildman–Crippen LogP) is 4.41. The zero-order valence-corrected chi connectivity index (χ0v) is 32.6. The highest BCUT2D eigenvalue weighted by Gasteiger charge is 2.36. The van der Waals surface area contributed by atoms with Crippen LogP contribution in [0.3, 0.4) is 0 Å². The molecule has 0 aromatic heterocycles. The van der Waals surface area contributed by atoms with E-state index in [-0.39, 0.29) is 39.7 Å². The van der Waals surface area contributed by atoms with Gasteiger partial charge in [-0.05, 0) is 71.8 Å². The number of carbonyl (C=O) groups is 3. The van der Waals surface area contributed by atoms with Gasteiger partial charge in [0.15, 0.2) is 5.71 Å². The molecule has 0 spiro atoms. The highest BCUT2D eigenvalue weighted by molar-refractivity contribution is 7.91. The van der Waals surface area contributed by atoms with Crippen LogP contribution < -0.4 is 25.6 Å². The molecule has 0 atom stereocenters. The quantitative estimate of drug-likeness (QED) is 0.0899.